The van der Waals surface area contributed by atoms with Crippen molar-refractivity contribution in [3.63, 3.8) is 0 Å². The molecule has 1 atom stereocenters. The highest BCUT2D eigenvalue weighted by molar-refractivity contribution is 7.89. The van der Waals surface area contributed by atoms with Gasteiger partial charge in [-0.25, -0.2) is 8.42 Å². The fraction of sp³-hybridized carbons (Fsp3) is 0.143. The molecule has 1 heterocycles. The van der Waals surface area contributed by atoms with Crippen LogP contribution in [0.1, 0.15) is 22.9 Å². The van der Waals surface area contributed by atoms with Gasteiger partial charge in [0.15, 0.2) is 0 Å². The predicted molar refractivity (Wildman–Crippen MR) is 108 cm³/mol. The Labute approximate surface area is 164 Å². The molecule has 138 valence electrons. The Morgan fingerprint density at radius 2 is 1.74 bits per heavy atom. The summed E-state index contributed by atoms with van der Waals surface area (Å²) in [5.74, 6) is 0. The fourth-order valence-electron chi connectivity index (χ4n) is 3.39. The number of para-hydroxylation sites is 1. The summed E-state index contributed by atoms with van der Waals surface area (Å²) in [5.41, 5.74) is 3.33. The Morgan fingerprint density at radius 3 is 2.52 bits per heavy atom. The summed E-state index contributed by atoms with van der Waals surface area (Å²) in [6.07, 6.45) is -0.584. The quantitative estimate of drug-likeness (QED) is 0.678. The Balaban J connectivity index is 1.86. The molecular formula is C21H19ClN2O2S. The molecule has 0 amide bonds. The molecule has 1 N–H and O–H groups in total. The average molecular weight is 399 g/mol. The van der Waals surface area contributed by atoms with Crippen LogP contribution in [-0.4, -0.2) is 12.7 Å². The van der Waals surface area contributed by atoms with Gasteiger partial charge in [-0.3, -0.25) is 0 Å². The molecule has 1 aliphatic heterocycles. The second-order valence-electron chi connectivity index (χ2n) is 6.60. The molecule has 3 aromatic carbocycles. The summed E-state index contributed by atoms with van der Waals surface area (Å²) in [4.78, 5) is 0.279. The third-order valence-corrected chi connectivity index (χ3v) is 6.89. The first-order chi connectivity index (χ1) is 13.0. The number of hydrogen-bond donors (Lipinski definition) is 1. The Morgan fingerprint density at radius 1 is 1.00 bits per heavy atom. The van der Waals surface area contributed by atoms with Gasteiger partial charge in [0.25, 0.3) is 0 Å². The molecule has 4 rings (SSSR count). The average Bonchev–Trinajstić information content (AvgIpc) is 2.65. The lowest BCUT2D eigenvalue weighted by atomic mass is 10.1. The van der Waals surface area contributed by atoms with E-state index in [2.05, 4.69) is 5.32 Å². The molecule has 4 nitrogen and oxygen atoms in total. The normalized spacial score (nSPS) is 18.5. The molecule has 27 heavy (non-hydrogen) atoms. The topological polar surface area (TPSA) is 49.4 Å². The van der Waals surface area contributed by atoms with E-state index in [0.717, 1.165) is 16.7 Å². The second kappa shape index (κ2) is 7.00. The van der Waals surface area contributed by atoms with E-state index in [1.165, 1.54) is 4.31 Å². The number of halogens is 1. The van der Waals surface area contributed by atoms with Gasteiger partial charge >= 0.3 is 0 Å². The fourth-order valence-corrected chi connectivity index (χ4v) is 5.30. The number of fused-ring (bicyclic) bond motifs is 1. The molecule has 0 saturated heterocycles. The highest BCUT2D eigenvalue weighted by atomic mass is 35.5. The van der Waals surface area contributed by atoms with E-state index in [4.69, 9.17) is 11.6 Å². The number of nitrogens with zero attached hydrogens (tertiary/aromatic N) is 1. The lowest BCUT2D eigenvalue weighted by Crippen LogP contribution is -2.42. The first-order valence-electron chi connectivity index (χ1n) is 8.64. The number of anilines is 1. The van der Waals surface area contributed by atoms with Gasteiger partial charge in [0.05, 0.1) is 5.69 Å². The molecule has 6 heteroatoms. The zero-order chi connectivity index (χ0) is 19.0. The van der Waals surface area contributed by atoms with Crippen LogP contribution in [0.2, 0.25) is 5.02 Å². The monoisotopic (exact) mass is 398 g/mol. The molecule has 0 aromatic heterocycles. The van der Waals surface area contributed by atoms with Gasteiger partial charge in [-0.05, 0) is 30.7 Å². The minimum atomic E-state index is -3.70. The zero-order valence-corrected chi connectivity index (χ0v) is 16.3. The van der Waals surface area contributed by atoms with Crippen LogP contribution in [-0.2, 0) is 16.6 Å². The van der Waals surface area contributed by atoms with Crippen molar-refractivity contribution >= 4 is 27.3 Å². The lowest BCUT2D eigenvalue weighted by Gasteiger charge is -2.37. The SMILES string of the molecule is Cc1cccc(CN2[C@@H](c3ccccc3Cl)Nc3ccccc3S2(=O)=O)c1. The number of nitrogens with one attached hydrogen (secondary N) is 1. The lowest BCUT2D eigenvalue weighted by molar-refractivity contribution is 0.336. The van der Waals surface area contributed by atoms with Crippen molar-refractivity contribution in [2.24, 2.45) is 0 Å². The molecule has 0 bridgehead atoms. The molecule has 0 fully saturated rings. The summed E-state index contributed by atoms with van der Waals surface area (Å²) in [7, 11) is -3.70. The molecule has 0 aliphatic carbocycles. The molecule has 0 unspecified atom stereocenters. The number of hydrogen-bond acceptors (Lipinski definition) is 3. The zero-order valence-electron chi connectivity index (χ0n) is 14.8. The van der Waals surface area contributed by atoms with Crippen LogP contribution in [0.4, 0.5) is 5.69 Å². The van der Waals surface area contributed by atoms with Crippen molar-refractivity contribution in [1.82, 2.24) is 4.31 Å². The van der Waals surface area contributed by atoms with E-state index >= 15 is 0 Å². The van der Waals surface area contributed by atoms with Crippen LogP contribution in [0.3, 0.4) is 0 Å². The van der Waals surface area contributed by atoms with Crippen molar-refractivity contribution in [3.8, 4) is 0 Å². The number of benzene rings is 3. The highest BCUT2D eigenvalue weighted by Crippen LogP contribution is 2.40. The summed E-state index contributed by atoms with van der Waals surface area (Å²) in [5, 5.41) is 3.88. The second-order valence-corrected chi connectivity index (χ2v) is 8.87. The number of rotatable bonds is 3. The first-order valence-corrected chi connectivity index (χ1v) is 10.5. The van der Waals surface area contributed by atoms with Gasteiger partial charge in [0.1, 0.15) is 11.1 Å². The molecular weight excluding hydrogens is 380 g/mol. The van der Waals surface area contributed by atoms with E-state index in [0.29, 0.717) is 10.7 Å². The minimum absolute atomic E-state index is 0.251. The summed E-state index contributed by atoms with van der Waals surface area (Å²) in [6.45, 7) is 2.24. The van der Waals surface area contributed by atoms with E-state index in [-0.39, 0.29) is 11.4 Å². The maximum Gasteiger partial charge on any atom is 0.247 e. The highest BCUT2D eigenvalue weighted by Gasteiger charge is 2.39. The van der Waals surface area contributed by atoms with Gasteiger partial charge in [-0.15, -0.1) is 0 Å². The Bertz CT molecular complexity index is 1100. The Hall–Kier alpha value is -2.34. The summed E-state index contributed by atoms with van der Waals surface area (Å²) >= 11 is 6.41. The maximum absolute atomic E-state index is 13.4. The smallest absolute Gasteiger partial charge is 0.247 e. The van der Waals surface area contributed by atoms with Crippen molar-refractivity contribution in [2.45, 2.75) is 24.5 Å². The van der Waals surface area contributed by atoms with E-state index < -0.39 is 16.2 Å². The van der Waals surface area contributed by atoms with Gasteiger partial charge < -0.3 is 5.32 Å². The summed E-state index contributed by atoms with van der Waals surface area (Å²) < 4.78 is 28.3. The standard InChI is InChI=1S/C21H19ClN2O2S/c1-15-7-6-8-16(13-15)14-24-21(17-9-2-3-10-18(17)22)23-19-11-4-5-12-20(19)27(24,25)26/h2-13,21,23H,14H2,1H3/t21-/m0/s1. The third-order valence-electron chi connectivity index (χ3n) is 4.67. The molecule has 0 radical (unpaired) electrons. The van der Waals surface area contributed by atoms with Crippen LogP contribution in [0.25, 0.3) is 0 Å². The van der Waals surface area contributed by atoms with Crippen molar-refractivity contribution in [3.05, 3.63) is 94.5 Å². The molecule has 0 spiro atoms. The molecule has 3 aromatic rings. The predicted octanol–water partition coefficient (Wildman–Crippen LogP) is 4.96. The summed E-state index contributed by atoms with van der Waals surface area (Å²) in [6, 6.07) is 22.2. The first kappa shape index (κ1) is 18.0. The van der Waals surface area contributed by atoms with Crippen LogP contribution in [0.5, 0.6) is 0 Å². The van der Waals surface area contributed by atoms with Gasteiger partial charge in [-0.2, -0.15) is 4.31 Å². The van der Waals surface area contributed by atoms with Crippen molar-refractivity contribution < 1.29 is 8.42 Å². The van der Waals surface area contributed by atoms with Gasteiger partial charge in [0, 0.05) is 17.1 Å². The number of sulfonamides is 1. The van der Waals surface area contributed by atoms with Crippen molar-refractivity contribution in [2.75, 3.05) is 5.32 Å². The van der Waals surface area contributed by atoms with Crippen LogP contribution in [0, 0.1) is 6.92 Å². The maximum atomic E-state index is 13.4. The minimum Gasteiger partial charge on any atom is -0.364 e. The van der Waals surface area contributed by atoms with E-state index in [9.17, 15) is 8.42 Å². The van der Waals surface area contributed by atoms with E-state index in [1.807, 2.05) is 55.5 Å². The molecule has 1 aliphatic rings. The Kier molecular flexibility index (Phi) is 4.68. The van der Waals surface area contributed by atoms with Gasteiger partial charge in [-0.1, -0.05) is 71.8 Å². The third kappa shape index (κ3) is 3.34. The van der Waals surface area contributed by atoms with Crippen LogP contribution < -0.4 is 5.32 Å². The number of aryl methyl sites for hydroxylation is 1. The van der Waals surface area contributed by atoms with Crippen molar-refractivity contribution in [1.29, 1.82) is 0 Å². The van der Waals surface area contributed by atoms with E-state index in [1.54, 1.807) is 24.3 Å². The largest absolute Gasteiger partial charge is 0.364 e. The van der Waals surface area contributed by atoms with Crippen LogP contribution in [0.15, 0.2) is 77.7 Å². The van der Waals surface area contributed by atoms with Gasteiger partial charge in [0.2, 0.25) is 10.0 Å². The molecule has 0 saturated carbocycles. The van der Waals surface area contributed by atoms with Crippen LogP contribution >= 0.6 is 11.6 Å².